The number of aryl methyl sites for hydroxylation is 1. The van der Waals surface area contributed by atoms with Crippen LogP contribution in [0.25, 0.3) is 22.0 Å². The summed E-state index contributed by atoms with van der Waals surface area (Å²) in [5, 5.41) is 3.87. The Bertz CT molecular complexity index is 1210. The molecule has 3 N–H and O–H groups in total. The monoisotopic (exact) mass is 391 g/mol. The lowest BCUT2D eigenvalue weighted by molar-refractivity contribution is 0.628. The molecule has 0 saturated carbocycles. The van der Waals surface area contributed by atoms with Gasteiger partial charge in [0, 0.05) is 17.1 Å². The van der Waals surface area contributed by atoms with Crippen molar-refractivity contribution < 1.29 is 8.78 Å². The van der Waals surface area contributed by atoms with Crippen molar-refractivity contribution in [1.29, 1.82) is 0 Å². The quantitative estimate of drug-likeness (QED) is 0.510. The van der Waals surface area contributed by atoms with Gasteiger partial charge in [0.2, 0.25) is 0 Å². The second-order valence-electron chi connectivity index (χ2n) is 6.85. The van der Waals surface area contributed by atoms with Crippen molar-refractivity contribution in [3.63, 3.8) is 0 Å². The van der Waals surface area contributed by atoms with E-state index in [4.69, 9.17) is 5.73 Å². The number of anilines is 2. The van der Waals surface area contributed by atoms with Crippen LogP contribution in [-0.2, 0) is 0 Å². The molecule has 1 atom stereocenters. The fraction of sp³-hybridized carbons (Fsp3) is 0.136. The number of fused-ring (bicyclic) bond motifs is 1. The summed E-state index contributed by atoms with van der Waals surface area (Å²) in [6.45, 7) is 3.72. The molecule has 2 aromatic carbocycles. The fourth-order valence-corrected chi connectivity index (χ4v) is 3.36. The van der Waals surface area contributed by atoms with Crippen LogP contribution in [0.3, 0.4) is 0 Å². The molecule has 0 fully saturated rings. The summed E-state index contributed by atoms with van der Waals surface area (Å²) >= 11 is 0. The number of nitrogens with two attached hydrogens (primary N) is 1. The van der Waals surface area contributed by atoms with Gasteiger partial charge in [-0.3, -0.25) is 4.98 Å². The predicted molar refractivity (Wildman–Crippen MR) is 110 cm³/mol. The standard InChI is InChI=1S/C22H19F2N5/c1-12(29-22-21(25)13(2)27-11-28-22)18-10-26-19-7-6-16(24)9-17(19)20(18)14-4-3-5-15(23)8-14/h3-12H,25H2,1-2H3,(H,27,28,29)/t12-/m0/s1. The van der Waals surface area contributed by atoms with Gasteiger partial charge in [0.05, 0.1) is 22.9 Å². The second kappa shape index (κ2) is 7.43. The molecule has 2 aromatic heterocycles. The zero-order valence-electron chi connectivity index (χ0n) is 15.9. The number of hydrogen-bond acceptors (Lipinski definition) is 5. The average Bonchev–Trinajstić information content (AvgIpc) is 2.70. The Kier molecular flexibility index (Phi) is 4.80. The Morgan fingerprint density at radius 2 is 1.79 bits per heavy atom. The minimum atomic E-state index is -0.384. The number of rotatable bonds is 4. The number of pyridine rings is 1. The molecule has 4 rings (SSSR count). The summed E-state index contributed by atoms with van der Waals surface area (Å²) < 4.78 is 28.0. The average molecular weight is 391 g/mol. The maximum Gasteiger partial charge on any atom is 0.153 e. The molecular weight excluding hydrogens is 372 g/mol. The molecular formula is C22H19F2N5. The first-order valence-electron chi connectivity index (χ1n) is 9.11. The van der Waals surface area contributed by atoms with E-state index in [9.17, 15) is 8.78 Å². The number of aromatic nitrogens is 3. The lowest BCUT2D eigenvalue weighted by Gasteiger charge is -2.21. The van der Waals surface area contributed by atoms with Crippen LogP contribution in [0.15, 0.2) is 55.0 Å². The van der Waals surface area contributed by atoms with Crippen molar-refractivity contribution >= 4 is 22.4 Å². The van der Waals surface area contributed by atoms with Gasteiger partial charge in [-0.25, -0.2) is 18.7 Å². The largest absolute Gasteiger partial charge is 0.394 e. The zero-order valence-corrected chi connectivity index (χ0v) is 15.9. The van der Waals surface area contributed by atoms with Crippen molar-refractivity contribution in [2.75, 3.05) is 11.1 Å². The van der Waals surface area contributed by atoms with E-state index in [0.717, 1.165) is 5.56 Å². The molecule has 0 amide bonds. The first kappa shape index (κ1) is 18.7. The minimum Gasteiger partial charge on any atom is -0.394 e. The van der Waals surface area contributed by atoms with Crippen LogP contribution in [0, 0.1) is 18.6 Å². The van der Waals surface area contributed by atoms with Gasteiger partial charge in [0.25, 0.3) is 0 Å². The van der Waals surface area contributed by atoms with Crippen molar-refractivity contribution in [1.82, 2.24) is 15.0 Å². The normalized spacial score (nSPS) is 12.1. The third-order valence-electron chi connectivity index (χ3n) is 4.88. The SMILES string of the molecule is Cc1ncnc(N[C@@H](C)c2cnc3ccc(F)cc3c2-c2cccc(F)c2)c1N. The molecule has 0 aliphatic carbocycles. The Morgan fingerprint density at radius 1 is 1.00 bits per heavy atom. The maximum absolute atomic E-state index is 14.0. The molecule has 29 heavy (non-hydrogen) atoms. The molecule has 7 heteroatoms. The van der Waals surface area contributed by atoms with Gasteiger partial charge in [-0.2, -0.15) is 0 Å². The maximum atomic E-state index is 14.0. The third kappa shape index (κ3) is 3.59. The summed E-state index contributed by atoms with van der Waals surface area (Å²) in [6, 6.07) is 10.3. The highest BCUT2D eigenvalue weighted by Crippen LogP contribution is 2.36. The topological polar surface area (TPSA) is 76.7 Å². The summed E-state index contributed by atoms with van der Waals surface area (Å²) in [5.74, 6) is -0.258. The van der Waals surface area contributed by atoms with Crippen LogP contribution in [0.1, 0.15) is 24.2 Å². The molecule has 0 unspecified atom stereocenters. The molecule has 5 nitrogen and oxygen atoms in total. The molecule has 0 bridgehead atoms. The first-order chi connectivity index (χ1) is 13.9. The molecule has 0 radical (unpaired) electrons. The van der Waals surface area contributed by atoms with Gasteiger partial charge in [0.1, 0.15) is 18.0 Å². The van der Waals surface area contributed by atoms with Gasteiger partial charge in [0.15, 0.2) is 5.82 Å². The van der Waals surface area contributed by atoms with Gasteiger partial charge in [-0.05, 0) is 55.3 Å². The van der Waals surface area contributed by atoms with Gasteiger partial charge >= 0.3 is 0 Å². The van der Waals surface area contributed by atoms with Crippen LogP contribution >= 0.6 is 0 Å². The van der Waals surface area contributed by atoms with Crippen LogP contribution < -0.4 is 11.1 Å². The summed E-state index contributed by atoms with van der Waals surface area (Å²) in [6.07, 6.45) is 3.14. The Morgan fingerprint density at radius 3 is 2.59 bits per heavy atom. The van der Waals surface area contributed by atoms with Crippen LogP contribution in [-0.4, -0.2) is 15.0 Å². The Labute approximate surface area is 166 Å². The minimum absolute atomic E-state index is 0.287. The molecule has 0 spiro atoms. The molecule has 0 aliphatic heterocycles. The van der Waals surface area contributed by atoms with E-state index in [1.54, 1.807) is 31.3 Å². The number of nitrogens with one attached hydrogen (secondary N) is 1. The molecule has 0 saturated heterocycles. The highest BCUT2D eigenvalue weighted by molar-refractivity contribution is 5.96. The van der Waals surface area contributed by atoms with E-state index in [1.165, 1.54) is 30.6 Å². The van der Waals surface area contributed by atoms with Crippen molar-refractivity contribution in [2.45, 2.75) is 19.9 Å². The van der Waals surface area contributed by atoms with Crippen molar-refractivity contribution in [2.24, 2.45) is 0 Å². The van der Waals surface area contributed by atoms with E-state index < -0.39 is 0 Å². The van der Waals surface area contributed by atoms with E-state index in [2.05, 4.69) is 20.3 Å². The van der Waals surface area contributed by atoms with Crippen LogP contribution in [0.2, 0.25) is 0 Å². The summed E-state index contributed by atoms with van der Waals surface area (Å²) in [4.78, 5) is 12.8. The number of nitrogens with zero attached hydrogens (tertiary/aromatic N) is 3. The number of benzene rings is 2. The summed E-state index contributed by atoms with van der Waals surface area (Å²) in [7, 11) is 0. The van der Waals surface area contributed by atoms with Gasteiger partial charge < -0.3 is 11.1 Å². The van der Waals surface area contributed by atoms with E-state index in [0.29, 0.717) is 39.2 Å². The number of nitrogen functional groups attached to an aromatic ring is 1. The van der Waals surface area contributed by atoms with Gasteiger partial charge in [-0.15, -0.1) is 0 Å². The van der Waals surface area contributed by atoms with Crippen molar-refractivity contribution in [3.8, 4) is 11.1 Å². The molecule has 2 heterocycles. The van der Waals surface area contributed by atoms with E-state index in [-0.39, 0.29) is 17.7 Å². The van der Waals surface area contributed by atoms with E-state index >= 15 is 0 Å². The Hall–Kier alpha value is -3.61. The Balaban J connectivity index is 1.89. The van der Waals surface area contributed by atoms with Crippen molar-refractivity contribution in [3.05, 3.63) is 77.9 Å². The first-order valence-corrected chi connectivity index (χ1v) is 9.11. The lowest BCUT2D eigenvalue weighted by Crippen LogP contribution is -2.12. The predicted octanol–water partition coefficient (Wildman–Crippen LogP) is 5.03. The highest BCUT2D eigenvalue weighted by Gasteiger charge is 2.18. The second-order valence-corrected chi connectivity index (χ2v) is 6.85. The molecule has 0 aliphatic rings. The third-order valence-corrected chi connectivity index (χ3v) is 4.88. The number of hydrogen-bond donors (Lipinski definition) is 2. The molecule has 4 aromatic rings. The lowest BCUT2D eigenvalue weighted by atomic mass is 9.93. The van der Waals surface area contributed by atoms with Crippen LogP contribution in [0.4, 0.5) is 20.3 Å². The van der Waals surface area contributed by atoms with Crippen LogP contribution in [0.5, 0.6) is 0 Å². The smallest absolute Gasteiger partial charge is 0.153 e. The summed E-state index contributed by atoms with van der Waals surface area (Å²) in [5.41, 5.74) is 9.94. The highest BCUT2D eigenvalue weighted by atomic mass is 19.1. The van der Waals surface area contributed by atoms with E-state index in [1.807, 2.05) is 6.92 Å². The van der Waals surface area contributed by atoms with Gasteiger partial charge in [-0.1, -0.05) is 12.1 Å². The number of halogens is 2. The fourth-order valence-electron chi connectivity index (χ4n) is 3.36. The zero-order chi connectivity index (χ0) is 20.5. The molecule has 146 valence electrons.